The molecule has 0 aliphatic carbocycles. The third kappa shape index (κ3) is 11.4. The molecule has 1 unspecified atom stereocenters. The zero-order chi connectivity index (χ0) is 16.2. The summed E-state index contributed by atoms with van der Waals surface area (Å²) in [5, 5.41) is 7.01. The van der Waals surface area contributed by atoms with Gasteiger partial charge in [0, 0.05) is 6.42 Å². The molecule has 0 aliphatic heterocycles. The Morgan fingerprint density at radius 1 is 0.909 bits per heavy atom. The molecular formula is C15H31NaO5S. The summed E-state index contributed by atoms with van der Waals surface area (Å²) in [7, 11) is -4.84. The van der Waals surface area contributed by atoms with Crippen LogP contribution in [0, 0.1) is 0 Å². The number of unbranched alkanes of at least 4 members (excludes halogenated alkanes) is 9. The molecule has 1 atom stereocenters. The Hall–Kier alpha value is 0.830. The minimum absolute atomic E-state index is 0. The molecule has 0 saturated heterocycles. The van der Waals surface area contributed by atoms with Crippen LogP contribution in [-0.4, -0.2) is 29.8 Å². The molecule has 0 bridgehead atoms. The Balaban J connectivity index is 0. The van der Waals surface area contributed by atoms with E-state index in [0.29, 0.717) is 6.42 Å². The zero-order valence-corrected chi connectivity index (χ0v) is 17.3. The van der Waals surface area contributed by atoms with Crippen LogP contribution in [0.25, 0.3) is 0 Å². The maximum Gasteiger partial charge on any atom is 1.00 e. The summed E-state index contributed by atoms with van der Waals surface area (Å²) in [6, 6.07) is 0. The third-order valence-electron chi connectivity index (χ3n) is 3.66. The minimum Gasteiger partial charge on any atom is -0.744 e. The standard InChI is InChI=1S/C15H32O5S.Na/c1-3-5-6-7-8-9-10-11-12-13-14-20-15(16,4-2)21(17,18)19;/h16H,3-14H2,1-2H3,(H,17,18,19);/q;+1/p-1. The van der Waals surface area contributed by atoms with Crippen molar-refractivity contribution in [3.8, 4) is 0 Å². The molecule has 0 aliphatic rings. The minimum atomic E-state index is -4.84. The Bertz CT molecular complexity index is 348. The molecule has 0 aromatic carbocycles. The Morgan fingerprint density at radius 3 is 1.68 bits per heavy atom. The van der Waals surface area contributed by atoms with Crippen molar-refractivity contribution in [1.82, 2.24) is 0 Å². The van der Waals surface area contributed by atoms with Crippen LogP contribution in [0.15, 0.2) is 0 Å². The van der Waals surface area contributed by atoms with Crippen LogP contribution in [0.5, 0.6) is 0 Å². The molecule has 0 aromatic rings. The van der Waals surface area contributed by atoms with E-state index in [1.165, 1.54) is 51.9 Å². The molecule has 7 heteroatoms. The van der Waals surface area contributed by atoms with E-state index < -0.39 is 15.2 Å². The number of ether oxygens (including phenoxy) is 1. The summed E-state index contributed by atoms with van der Waals surface area (Å²) in [6.45, 7) is 3.72. The topological polar surface area (TPSA) is 86.7 Å². The fourth-order valence-electron chi connectivity index (χ4n) is 2.17. The van der Waals surface area contributed by atoms with Crippen LogP contribution in [0.4, 0.5) is 0 Å². The second-order valence-electron chi connectivity index (χ2n) is 5.55. The molecule has 0 heterocycles. The van der Waals surface area contributed by atoms with Crippen molar-refractivity contribution < 1.29 is 52.4 Å². The maximum atomic E-state index is 10.9. The molecular weight excluding hydrogens is 315 g/mol. The number of rotatable bonds is 14. The van der Waals surface area contributed by atoms with Gasteiger partial charge in [0.1, 0.15) is 0 Å². The van der Waals surface area contributed by atoms with Gasteiger partial charge in [0.15, 0.2) is 10.1 Å². The van der Waals surface area contributed by atoms with Crippen LogP contribution in [-0.2, 0) is 14.9 Å². The average molecular weight is 346 g/mol. The summed E-state index contributed by atoms with van der Waals surface area (Å²) in [5.74, 6) is 0. The summed E-state index contributed by atoms with van der Waals surface area (Å²) < 4.78 is 37.5. The molecule has 128 valence electrons. The van der Waals surface area contributed by atoms with Crippen molar-refractivity contribution in [2.45, 2.75) is 89.6 Å². The van der Waals surface area contributed by atoms with Crippen molar-refractivity contribution in [1.29, 1.82) is 0 Å². The third-order valence-corrected chi connectivity index (χ3v) is 4.85. The van der Waals surface area contributed by atoms with Crippen molar-refractivity contribution in [2.75, 3.05) is 6.61 Å². The summed E-state index contributed by atoms with van der Waals surface area (Å²) in [4.78, 5) is 0. The van der Waals surface area contributed by atoms with Crippen molar-refractivity contribution in [3.63, 3.8) is 0 Å². The average Bonchev–Trinajstić information content (AvgIpc) is 2.43. The van der Waals surface area contributed by atoms with Crippen LogP contribution in [0.3, 0.4) is 0 Å². The zero-order valence-electron chi connectivity index (χ0n) is 14.5. The predicted molar refractivity (Wildman–Crippen MR) is 82.7 cm³/mol. The Morgan fingerprint density at radius 2 is 1.32 bits per heavy atom. The Labute approximate surface area is 158 Å². The second kappa shape index (κ2) is 14.2. The van der Waals surface area contributed by atoms with E-state index in [1.54, 1.807) is 0 Å². The summed E-state index contributed by atoms with van der Waals surface area (Å²) in [6.07, 6.45) is 11.3. The van der Waals surface area contributed by atoms with Crippen LogP contribution in [0.1, 0.15) is 84.5 Å². The van der Waals surface area contributed by atoms with Gasteiger partial charge >= 0.3 is 29.6 Å². The van der Waals surface area contributed by atoms with Gasteiger partial charge in [-0.25, -0.2) is 8.42 Å². The molecule has 0 rings (SSSR count). The fraction of sp³-hybridized carbons (Fsp3) is 1.00. The molecule has 0 radical (unpaired) electrons. The van der Waals surface area contributed by atoms with Gasteiger partial charge in [-0.15, -0.1) is 0 Å². The van der Waals surface area contributed by atoms with E-state index in [-0.39, 0.29) is 42.6 Å². The van der Waals surface area contributed by atoms with Gasteiger partial charge in [0.2, 0.25) is 0 Å². The van der Waals surface area contributed by atoms with Crippen LogP contribution in [0.2, 0.25) is 0 Å². The van der Waals surface area contributed by atoms with Gasteiger partial charge in [-0.3, -0.25) is 0 Å². The largest absolute Gasteiger partial charge is 1.00 e. The van der Waals surface area contributed by atoms with E-state index in [4.69, 9.17) is 4.74 Å². The van der Waals surface area contributed by atoms with Gasteiger partial charge in [0.05, 0.1) is 6.61 Å². The predicted octanol–water partition coefficient (Wildman–Crippen LogP) is 0.529. The number of aliphatic hydroxyl groups is 1. The van der Waals surface area contributed by atoms with Crippen molar-refractivity contribution >= 4 is 10.1 Å². The van der Waals surface area contributed by atoms with E-state index in [1.807, 2.05) is 0 Å². The van der Waals surface area contributed by atoms with Crippen molar-refractivity contribution in [2.24, 2.45) is 0 Å². The summed E-state index contributed by atoms with van der Waals surface area (Å²) >= 11 is 0. The number of hydrogen-bond donors (Lipinski definition) is 1. The molecule has 0 spiro atoms. The maximum absolute atomic E-state index is 10.9. The quantitative estimate of drug-likeness (QED) is 0.215. The SMILES string of the molecule is CCCCCCCCCCCCOC(O)(CC)S(=O)(=O)[O-].[Na+]. The van der Waals surface area contributed by atoms with Gasteiger partial charge < -0.3 is 14.4 Å². The molecule has 0 fully saturated rings. The van der Waals surface area contributed by atoms with Gasteiger partial charge in [-0.1, -0.05) is 71.6 Å². The Kier molecular flexibility index (Phi) is 16.2. The normalized spacial score (nSPS) is 14.4. The fourth-order valence-corrected chi connectivity index (χ4v) is 2.75. The monoisotopic (exact) mass is 346 g/mol. The van der Waals surface area contributed by atoms with E-state index >= 15 is 0 Å². The first-order valence-corrected chi connectivity index (χ1v) is 9.60. The van der Waals surface area contributed by atoms with Crippen LogP contribution < -0.4 is 29.6 Å². The number of hydrogen-bond acceptors (Lipinski definition) is 5. The molecule has 22 heavy (non-hydrogen) atoms. The van der Waals surface area contributed by atoms with Gasteiger partial charge in [0.25, 0.3) is 5.12 Å². The second-order valence-corrected chi connectivity index (χ2v) is 7.10. The first-order chi connectivity index (χ1) is 9.87. The van der Waals surface area contributed by atoms with Crippen molar-refractivity contribution in [3.05, 3.63) is 0 Å². The first-order valence-electron chi connectivity index (χ1n) is 8.19. The smallest absolute Gasteiger partial charge is 0.744 e. The molecule has 1 N–H and O–H groups in total. The molecule has 0 aromatic heterocycles. The molecule has 5 nitrogen and oxygen atoms in total. The summed E-state index contributed by atoms with van der Waals surface area (Å²) in [5.41, 5.74) is 0. The molecule has 0 saturated carbocycles. The molecule has 0 amide bonds. The van der Waals surface area contributed by atoms with Crippen LogP contribution >= 0.6 is 0 Å². The van der Waals surface area contributed by atoms with Gasteiger partial charge in [-0.05, 0) is 6.42 Å². The van der Waals surface area contributed by atoms with E-state index in [9.17, 15) is 18.1 Å². The van der Waals surface area contributed by atoms with E-state index in [2.05, 4.69) is 6.92 Å². The van der Waals surface area contributed by atoms with E-state index in [0.717, 1.165) is 12.8 Å². The van der Waals surface area contributed by atoms with Gasteiger partial charge in [-0.2, -0.15) is 0 Å². The first kappa shape index (κ1) is 25.1.